The summed E-state index contributed by atoms with van der Waals surface area (Å²) in [6.45, 7) is 3.23. The number of amides is 2. The van der Waals surface area contributed by atoms with Crippen LogP contribution in [0.1, 0.15) is 45.4 Å². The van der Waals surface area contributed by atoms with Gasteiger partial charge in [-0.15, -0.1) is 0 Å². The van der Waals surface area contributed by atoms with E-state index in [-0.39, 0.29) is 18.2 Å². The number of benzene rings is 1. The summed E-state index contributed by atoms with van der Waals surface area (Å²) in [5.41, 5.74) is 2.88. The van der Waals surface area contributed by atoms with Crippen molar-refractivity contribution in [3.05, 3.63) is 24.3 Å². The van der Waals surface area contributed by atoms with Crippen molar-refractivity contribution < 1.29 is 14.3 Å². The van der Waals surface area contributed by atoms with Gasteiger partial charge in [0.1, 0.15) is 5.75 Å². The molecule has 1 unspecified atom stereocenters. The molecule has 2 amide bonds. The first-order valence-corrected chi connectivity index (χ1v) is 8.69. The Balaban J connectivity index is 1.88. The molecule has 132 valence electrons. The summed E-state index contributed by atoms with van der Waals surface area (Å²) < 4.78 is 5.78. The van der Waals surface area contributed by atoms with E-state index in [4.69, 9.17) is 10.6 Å². The molecule has 6 nitrogen and oxygen atoms in total. The van der Waals surface area contributed by atoms with Gasteiger partial charge in [0.25, 0.3) is 0 Å². The Morgan fingerprint density at radius 1 is 1.33 bits per heavy atom. The van der Waals surface area contributed by atoms with Gasteiger partial charge in [-0.2, -0.15) is 0 Å². The largest absolute Gasteiger partial charge is 0.494 e. The van der Waals surface area contributed by atoms with Gasteiger partial charge in [0, 0.05) is 24.7 Å². The summed E-state index contributed by atoms with van der Waals surface area (Å²) in [6, 6.07) is 7.47. The Morgan fingerprint density at radius 3 is 2.88 bits per heavy atom. The highest BCUT2D eigenvalue weighted by molar-refractivity contribution is 6.00. The van der Waals surface area contributed by atoms with Gasteiger partial charge in [0.05, 0.1) is 12.5 Å². The molecule has 1 atom stereocenters. The van der Waals surface area contributed by atoms with Gasteiger partial charge >= 0.3 is 0 Å². The summed E-state index contributed by atoms with van der Waals surface area (Å²) in [5, 5.41) is 0. The number of anilines is 1. The molecule has 1 heterocycles. The Labute approximate surface area is 143 Å². The molecular weight excluding hydrogens is 306 g/mol. The second-order valence-electron chi connectivity index (χ2n) is 6.17. The quantitative estimate of drug-likeness (QED) is 0.314. The molecule has 0 spiro atoms. The van der Waals surface area contributed by atoms with Gasteiger partial charge in [-0.25, -0.2) is 5.84 Å². The van der Waals surface area contributed by atoms with E-state index in [0.717, 1.165) is 17.9 Å². The Bertz CT molecular complexity index is 562. The molecule has 0 aromatic heterocycles. The van der Waals surface area contributed by atoms with Gasteiger partial charge in [-0.3, -0.25) is 15.0 Å². The molecule has 6 heteroatoms. The highest BCUT2D eigenvalue weighted by atomic mass is 16.5. The first-order chi connectivity index (χ1) is 11.7. The average molecular weight is 333 g/mol. The second-order valence-corrected chi connectivity index (χ2v) is 6.17. The van der Waals surface area contributed by atoms with E-state index < -0.39 is 5.92 Å². The maximum atomic E-state index is 12.1. The second kappa shape index (κ2) is 9.27. The third-order valence-electron chi connectivity index (χ3n) is 4.28. The van der Waals surface area contributed by atoms with Crippen LogP contribution in [0.15, 0.2) is 24.3 Å². The molecule has 1 saturated heterocycles. The zero-order valence-corrected chi connectivity index (χ0v) is 14.3. The van der Waals surface area contributed by atoms with Crippen molar-refractivity contribution in [2.24, 2.45) is 11.8 Å². The first kappa shape index (κ1) is 18.3. The normalized spacial score (nSPS) is 17.2. The van der Waals surface area contributed by atoms with E-state index in [0.29, 0.717) is 13.2 Å². The molecule has 1 aromatic carbocycles. The van der Waals surface area contributed by atoms with Gasteiger partial charge in [0.2, 0.25) is 11.8 Å². The smallest absolute Gasteiger partial charge is 0.239 e. The van der Waals surface area contributed by atoms with Crippen LogP contribution < -0.4 is 20.9 Å². The standard InChI is InChI=1S/C18H27N3O3/c1-2-3-4-5-6-10-24-16-9-7-8-15(12-16)21-13-14(11-17(21)22)18(23)20-19/h7-9,12,14H,2-6,10-11,13,19H2,1H3,(H,20,23). The molecule has 24 heavy (non-hydrogen) atoms. The summed E-state index contributed by atoms with van der Waals surface area (Å²) in [4.78, 5) is 25.4. The van der Waals surface area contributed by atoms with Crippen LogP contribution in [0.4, 0.5) is 5.69 Å². The molecule has 0 aliphatic carbocycles. The van der Waals surface area contributed by atoms with E-state index in [9.17, 15) is 9.59 Å². The van der Waals surface area contributed by atoms with E-state index in [1.54, 1.807) is 4.90 Å². The fraction of sp³-hybridized carbons (Fsp3) is 0.556. The lowest BCUT2D eigenvalue weighted by Crippen LogP contribution is -2.37. The van der Waals surface area contributed by atoms with E-state index >= 15 is 0 Å². The Hall–Kier alpha value is -2.08. The monoisotopic (exact) mass is 333 g/mol. The minimum absolute atomic E-state index is 0.0692. The third-order valence-corrected chi connectivity index (χ3v) is 4.28. The number of nitrogens with zero attached hydrogens (tertiary/aromatic N) is 1. The van der Waals surface area contributed by atoms with E-state index in [1.807, 2.05) is 24.3 Å². The van der Waals surface area contributed by atoms with Crippen molar-refractivity contribution in [2.75, 3.05) is 18.1 Å². The zero-order chi connectivity index (χ0) is 17.4. The van der Waals surface area contributed by atoms with Crippen molar-refractivity contribution >= 4 is 17.5 Å². The molecule has 0 saturated carbocycles. The summed E-state index contributed by atoms with van der Waals surface area (Å²) in [6.07, 6.45) is 6.14. The maximum absolute atomic E-state index is 12.1. The summed E-state index contributed by atoms with van der Waals surface area (Å²) in [7, 11) is 0. The van der Waals surface area contributed by atoms with Crippen LogP contribution >= 0.6 is 0 Å². The lowest BCUT2D eigenvalue weighted by molar-refractivity contribution is -0.126. The van der Waals surface area contributed by atoms with Gasteiger partial charge in [-0.1, -0.05) is 38.7 Å². The number of nitrogens with two attached hydrogens (primary N) is 1. The lowest BCUT2D eigenvalue weighted by atomic mass is 10.1. The minimum Gasteiger partial charge on any atom is -0.494 e. The summed E-state index contributed by atoms with van der Waals surface area (Å²) >= 11 is 0. The highest BCUT2D eigenvalue weighted by Gasteiger charge is 2.34. The number of rotatable bonds is 9. The number of carbonyl (C=O) groups is 2. The first-order valence-electron chi connectivity index (χ1n) is 8.69. The van der Waals surface area contributed by atoms with Gasteiger partial charge < -0.3 is 9.64 Å². The predicted molar refractivity (Wildman–Crippen MR) is 93.5 cm³/mol. The number of nitrogens with one attached hydrogen (secondary N) is 1. The SMILES string of the molecule is CCCCCCCOc1cccc(N2CC(C(=O)NN)CC2=O)c1. The van der Waals surface area contributed by atoms with Crippen molar-refractivity contribution in [2.45, 2.75) is 45.4 Å². The predicted octanol–water partition coefficient (Wildman–Crippen LogP) is 2.38. The van der Waals surface area contributed by atoms with Crippen LogP contribution in [-0.2, 0) is 9.59 Å². The number of hydrogen-bond acceptors (Lipinski definition) is 4. The lowest BCUT2D eigenvalue weighted by Gasteiger charge is -2.17. The molecule has 0 bridgehead atoms. The summed E-state index contributed by atoms with van der Waals surface area (Å²) in [5.74, 6) is 5.14. The molecule has 2 rings (SSSR count). The van der Waals surface area contributed by atoms with Crippen molar-refractivity contribution in [1.29, 1.82) is 0 Å². The number of hydrazine groups is 1. The Morgan fingerprint density at radius 2 is 2.12 bits per heavy atom. The van der Waals surface area contributed by atoms with Crippen LogP contribution in [0.5, 0.6) is 5.75 Å². The van der Waals surface area contributed by atoms with Crippen molar-refractivity contribution in [3.8, 4) is 5.75 Å². The molecule has 0 radical (unpaired) electrons. The number of carbonyl (C=O) groups excluding carboxylic acids is 2. The number of hydrogen-bond donors (Lipinski definition) is 2. The van der Waals surface area contributed by atoms with Crippen LogP contribution in [0, 0.1) is 5.92 Å². The topological polar surface area (TPSA) is 84.7 Å². The zero-order valence-electron chi connectivity index (χ0n) is 14.3. The van der Waals surface area contributed by atoms with Gasteiger partial charge in [-0.05, 0) is 18.6 Å². The van der Waals surface area contributed by atoms with Crippen molar-refractivity contribution in [1.82, 2.24) is 5.43 Å². The fourth-order valence-electron chi connectivity index (χ4n) is 2.89. The Kier molecular flexibility index (Phi) is 7.06. The fourth-order valence-corrected chi connectivity index (χ4v) is 2.89. The number of unbranched alkanes of at least 4 members (excludes halogenated alkanes) is 4. The van der Waals surface area contributed by atoms with E-state index in [1.165, 1.54) is 25.7 Å². The molecule has 3 N–H and O–H groups in total. The third kappa shape index (κ3) is 4.96. The average Bonchev–Trinajstić information content (AvgIpc) is 2.99. The maximum Gasteiger partial charge on any atom is 0.239 e. The molecule has 1 aromatic rings. The van der Waals surface area contributed by atoms with Crippen LogP contribution in [-0.4, -0.2) is 25.0 Å². The van der Waals surface area contributed by atoms with Gasteiger partial charge in [0.15, 0.2) is 0 Å². The van der Waals surface area contributed by atoms with Crippen LogP contribution in [0.2, 0.25) is 0 Å². The van der Waals surface area contributed by atoms with E-state index in [2.05, 4.69) is 12.3 Å². The van der Waals surface area contributed by atoms with Crippen LogP contribution in [0.25, 0.3) is 0 Å². The molecule has 1 aliphatic heterocycles. The molecule has 1 fully saturated rings. The molecule has 1 aliphatic rings. The number of ether oxygens (including phenoxy) is 1. The highest BCUT2D eigenvalue weighted by Crippen LogP contribution is 2.28. The van der Waals surface area contributed by atoms with Crippen LogP contribution in [0.3, 0.4) is 0 Å². The van der Waals surface area contributed by atoms with Crippen molar-refractivity contribution in [3.63, 3.8) is 0 Å². The minimum atomic E-state index is -0.398. The molecular formula is C18H27N3O3.